The Kier molecular flexibility index (Phi) is 4.18. The summed E-state index contributed by atoms with van der Waals surface area (Å²) in [4.78, 5) is 24.0. The van der Waals surface area contributed by atoms with Crippen LogP contribution in [0.1, 0.15) is 43.9 Å². The first-order valence-electron chi connectivity index (χ1n) is 6.49. The number of nitrogens with zero attached hydrogens (tertiary/aromatic N) is 3. The van der Waals surface area contributed by atoms with Gasteiger partial charge in [-0.05, 0) is 32.3 Å². The summed E-state index contributed by atoms with van der Waals surface area (Å²) in [6, 6.07) is 0. The van der Waals surface area contributed by atoms with Gasteiger partial charge in [0.05, 0.1) is 18.0 Å². The van der Waals surface area contributed by atoms with Gasteiger partial charge >= 0.3 is 0 Å². The summed E-state index contributed by atoms with van der Waals surface area (Å²) in [5.41, 5.74) is 2.95. The van der Waals surface area contributed by atoms with Crippen LogP contribution in [-0.4, -0.2) is 28.0 Å². The number of aromatic nitrogens is 2. The molecule has 2 rings (SSSR count). The van der Waals surface area contributed by atoms with Crippen molar-refractivity contribution in [2.45, 2.75) is 39.5 Å². The molecule has 0 atom stereocenters. The van der Waals surface area contributed by atoms with Crippen molar-refractivity contribution in [2.75, 3.05) is 6.54 Å². The number of aryl methyl sites for hydroxylation is 1. The van der Waals surface area contributed by atoms with Crippen molar-refractivity contribution in [3.05, 3.63) is 23.8 Å². The minimum Gasteiger partial charge on any atom is -0.298 e. The molecule has 1 aromatic heterocycles. The Morgan fingerprint density at radius 1 is 1.44 bits per heavy atom. The number of carbonyl (C=O) groups is 1. The van der Waals surface area contributed by atoms with Crippen molar-refractivity contribution in [3.63, 3.8) is 0 Å². The van der Waals surface area contributed by atoms with E-state index < -0.39 is 0 Å². The first-order chi connectivity index (χ1) is 8.68. The van der Waals surface area contributed by atoms with Gasteiger partial charge in [0, 0.05) is 12.1 Å². The number of Topliss-reactive ketones (excluding diaryl/α,β-unsaturated/α-hetero) is 1. The highest BCUT2D eigenvalue weighted by molar-refractivity contribution is 6.02. The quantitative estimate of drug-likeness (QED) is 0.765. The molecule has 0 aliphatic heterocycles. The van der Waals surface area contributed by atoms with E-state index in [4.69, 9.17) is 0 Å². The third-order valence-electron chi connectivity index (χ3n) is 3.35. The van der Waals surface area contributed by atoms with Crippen LogP contribution >= 0.6 is 0 Å². The van der Waals surface area contributed by atoms with Gasteiger partial charge in [-0.25, -0.2) is 9.97 Å². The van der Waals surface area contributed by atoms with Crippen molar-refractivity contribution in [1.29, 1.82) is 0 Å². The van der Waals surface area contributed by atoms with Crippen LogP contribution in [0.4, 0.5) is 0 Å². The second-order valence-corrected chi connectivity index (χ2v) is 4.94. The SMILES string of the molecule is CC(=O)C/N=C(\c1ncncc1C)C1CCCC1. The first-order valence-corrected chi connectivity index (χ1v) is 6.49. The van der Waals surface area contributed by atoms with Crippen LogP contribution in [0.3, 0.4) is 0 Å². The predicted octanol–water partition coefficient (Wildman–Crippen LogP) is 2.35. The molecule has 18 heavy (non-hydrogen) atoms. The summed E-state index contributed by atoms with van der Waals surface area (Å²) >= 11 is 0. The van der Waals surface area contributed by atoms with Gasteiger partial charge < -0.3 is 0 Å². The number of ketones is 1. The van der Waals surface area contributed by atoms with E-state index in [0.717, 1.165) is 29.8 Å². The Balaban J connectivity index is 2.32. The van der Waals surface area contributed by atoms with Gasteiger partial charge in [0.1, 0.15) is 6.33 Å². The van der Waals surface area contributed by atoms with Crippen LogP contribution in [0, 0.1) is 12.8 Å². The molecule has 0 N–H and O–H groups in total. The molecule has 0 spiro atoms. The maximum atomic E-state index is 11.1. The molecule has 1 heterocycles. The lowest BCUT2D eigenvalue weighted by atomic mass is 9.96. The van der Waals surface area contributed by atoms with E-state index in [1.54, 1.807) is 19.4 Å². The van der Waals surface area contributed by atoms with Gasteiger partial charge in [-0.2, -0.15) is 0 Å². The number of carbonyl (C=O) groups excluding carboxylic acids is 1. The van der Waals surface area contributed by atoms with E-state index in [-0.39, 0.29) is 12.3 Å². The van der Waals surface area contributed by atoms with Gasteiger partial charge in [-0.3, -0.25) is 9.79 Å². The average Bonchev–Trinajstić information content (AvgIpc) is 2.85. The van der Waals surface area contributed by atoms with Crippen molar-refractivity contribution in [1.82, 2.24) is 9.97 Å². The topological polar surface area (TPSA) is 55.2 Å². The Hall–Kier alpha value is -1.58. The summed E-state index contributed by atoms with van der Waals surface area (Å²) < 4.78 is 0. The van der Waals surface area contributed by atoms with E-state index in [1.165, 1.54) is 12.8 Å². The molecule has 1 aliphatic rings. The minimum atomic E-state index is 0.0946. The Morgan fingerprint density at radius 3 is 2.78 bits per heavy atom. The number of hydrogen-bond donors (Lipinski definition) is 0. The van der Waals surface area contributed by atoms with E-state index in [0.29, 0.717) is 5.92 Å². The molecule has 0 unspecified atom stereocenters. The summed E-state index contributed by atoms with van der Waals surface area (Å²) in [5.74, 6) is 0.551. The van der Waals surface area contributed by atoms with Crippen LogP contribution in [0.15, 0.2) is 17.5 Å². The monoisotopic (exact) mass is 245 g/mol. The van der Waals surface area contributed by atoms with E-state index in [2.05, 4.69) is 15.0 Å². The maximum absolute atomic E-state index is 11.1. The van der Waals surface area contributed by atoms with Crippen molar-refractivity contribution < 1.29 is 4.79 Å². The molecule has 0 saturated heterocycles. The first kappa shape index (κ1) is 12.9. The standard InChI is InChI=1S/C14H19N3O/c1-10-7-15-9-17-13(10)14(16-8-11(2)18)12-5-3-4-6-12/h7,9,12H,3-6,8H2,1-2H3/b16-14-. The van der Waals surface area contributed by atoms with Crippen LogP contribution in [-0.2, 0) is 4.79 Å². The highest BCUT2D eigenvalue weighted by Gasteiger charge is 2.24. The lowest BCUT2D eigenvalue weighted by Crippen LogP contribution is -2.17. The minimum absolute atomic E-state index is 0.0946. The molecule has 1 aromatic rings. The third kappa shape index (κ3) is 3.00. The van der Waals surface area contributed by atoms with Gasteiger partial charge in [0.25, 0.3) is 0 Å². The number of aliphatic imine (C=N–C) groups is 1. The zero-order chi connectivity index (χ0) is 13.0. The normalized spacial score (nSPS) is 17.1. The Morgan fingerprint density at radius 2 is 2.17 bits per heavy atom. The summed E-state index contributed by atoms with van der Waals surface area (Å²) in [7, 11) is 0. The smallest absolute Gasteiger partial charge is 0.151 e. The second-order valence-electron chi connectivity index (χ2n) is 4.94. The van der Waals surface area contributed by atoms with Crippen LogP contribution in [0.25, 0.3) is 0 Å². The van der Waals surface area contributed by atoms with Gasteiger partial charge in [0.2, 0.25) is 0 Å². The number of hydrogen-bond acceptors (Lipinski definition) is 4. The van der Waals surface area contributed by atoms with Crippen molar-refractivity contribution in [3.8, 4) is 0 Å². The second kappa shape index (κ2) is 5.85. The van der Waals surface area contributed by atoms with Crippen molar-refractivity contribution in [2.24, 2.45) is 10.9 Å². The Bertz CT molecular complexity index is 462. The van der Waals surface area contributed by atoms with Gasteiger partial charge in [0.15, 0.2) is 5.78 Å². The largest absolute Gasteiger partial charge is 0.298 e. The number of rotatable bonds is 4. The Labute approximate surface area is 108 Å². The summed E-state index contributed by atoms with van der Waals surface area (Å²) in [6.45, 7) is 3.82. The third-order valence-corrected chi connectivity index (χ3v) is 3.35. The molecule has 1 fully saturated rings. The van der Waals surface area contributed by atoms with Gasteiger partial charge in [-0.1, -0.05) is 12.8 Å². The molecule has 0 bridgehead atoms. The lowest BCUT2D eigenvalue weighted by molar-refractivity contribution is -0.115. The average molecular weight is 245 g/mol. The molecular weight excluding hydrogens is 226 g/mol. The zero-order valence-corrected chi connectivity index (χ0v) is 11.0. The van der Waals surface area contributed by atoms with E-state index >= 15 is 0 Å². The molecule has 0 aromatic carbocycles. The van der Waals surface area contributed by atoms with Crippen LogP contribution < -0.4 is 0 Å². The zero-order valence-electron chi connectivity index (χ0n) is 11.0. The van der Waals surface area contributed by atoms with E-state index in [9.17, 15) is 4.79 Å². The maximum Gasteiger partial charge on any atom is 0.151 e. The highest BCUT2D eigenvalue weighted by atomic mass is 16.1. The molecular formula is C14H19N3O. The van der Waals surface area contributed by atoms with Gasteiger partial charge in [-0.15, -0.1) is 0 Å². The molecule has 4 nitrogen and oxygen atoms in total. The molecule has 4 heteroatoms. The molecule has 96 valence electrons. The van der Waals surface area contributed by atoms with Crippen LogP contribution in [0.5, 0.6) is 0 Å². The lowest BCUT2D eigenvalue weighted by Gasteiger charge is -2.14. The summed E-state index contributed by atoms with van der Waals surface area (Å²) in [5, 5.41) is 0. The fourth-order valence-corrected chi connectivity index (χ4v) is 2.46. The fourth-order valence-electron chi connectivity index (χ4n) is 2.46. The van der Waals surface area contributed by atoms with Crippen LogP contribution in [0.2, 0.25) is 0 Å². The van der Waals surface area contributed by atoms with E-state index in [1.807, 2.05) is 6.92 Å². The molecule has 1 saturated carbocycles. The molecule has 0 amide bonds. The highest BCUT2D eigenvalue weighted by Crippen LogP contribution is 2.28. The van der Waals surface area contributed by atoms with Crippen molar-refractivity contribution >= 4 is 11.5 Å². The molecule has 1 aliphatic carbocycles. The fraction of sp³-hybridized carbons (Fsp3) is 0.571. The molecule has 0 radical (unpaired) electrons. The summed E-state index contributed by atoms with van der Waals surface area (Å²) in [6.07, 6.45) is 8.16. The predicted molar refractivity (Wildman–Crippen MR) is 70.8 cm³/mol.